The summed E-state index contributed by atoms with van der Waals surface area (Å²) in [6.45, 7) is 7.26. The topological polar surface area (TPSA) is 89.7 Å². The number of aryl methyl sites for hydroxylation is 4. The number of rotatable bonds is 4. The number of hydrogen-bond donors (Lipinski definition) is 0. The van der Waals surface area contributed by atoms with Gasteiger partial charge < -0.3 is 9.26 Å². The molecule has 7 nitrogen and oxygen atoms in total. The van der Waals surface area contributed by atoms with Gasteiger partial charge >= 0.3 is 5.97 Å². The molecule has 0 radical (unpaired) electrons. The third-order valence-electron chi connectivity index (χ3n) is 5.26. The van der Waals surface area contributed by atoms with Crippen molar-refractivity contribution < 1.29 is 23.6 Å². The van der Waals surface area contributed by atoms with Crippen molar-refractivity contribution in [2.45, 2.75) is 34.3 Å². The van der Waals surface area contributed by atoms with Gasteiger partial charge in [0, 0.05) is 0 Å². The van der Waals surface area contributed by atoms with Crippen LogP contribution in [0.4, 0.5) is 5.69 Å². The number of aromatic nitrogens is 1. The maximum absolute atomic E-state index is 13.0. The summed E-state index contributed by atoms with van der Waals surface area (Å²) >= 11 is 0. The maximum atomic E-state index is 13.0. The number of imide groups is 1. The Kier molecular flexibility index (Phi) is 4.73. The molecule has 30 heavy (non-hydrogen) atoms. The second-order valence-electron chi connectivity index (χ2n) is 7.37. The molecule has 0 fully saturated rings. The Morgan fingerprint density at radius 2 is 1.73 bits per heavy atom. The van der Waals surface area contributed by atoms with E-state index in [9.17, 15) is 14.4 Å². The molecule has 0 saturated heterocycles. The molecule has 0 N–H and O–H groups in total. The Balaban J connectivity index is 1.60. The molecular weight excluding hydrogens is 384 g/mol. The van der Waals surface area contributed by atoms with Crippen LogP contribution >= 0.6 is 0 Å². The number of fused-ring (bicyclic) bond motifs is 1. The number of esters is 1. The van der Waals surface area contributed by atoms with Crippen molar-refractivity contribution in [1.82, 2.24) is 5.16 Å². The zero-order valence-electron chi connectivity index (χ0n) is 17.1. The number of ether oxygens (including phenoxy) is 1. The minimum Gasteiger partial charge on any atom is -0.457 e. The second-order valence-corrected chi connectivity index (χ2v) is 7.37. The molecule has 0 atom stereocenters. The predicted octanol–water partition coefficient (Wildman–Crippen LogP) is 4.07. The average molecular weight is 404 g/mol. The minimum atomic E-state index is -0.594. The molecule has 7 heteroatoms. The van der Waals surface area contributed by atoms with Crippen molar-refractivity contribution in [2.75, 3.05) is 4.90 Å². The van der Waals surface area contributed by atoms with Gasteiger partial charge in [0.1, 0.15) is 12.4 Å². The van der Waals surface area contributed by atoms with E-state index >= 15 is 0 Å². The summed E-state index contributed by atoms with van der Waals surface area (Å²) in [5.41, 5.74) is 4.31. The van der Waals surface area contributed by atoms with Crippen LogP contribution < -0.4 is 4.90 Å². The van der Waals surface area contributed by atoms with Crippen LogP contribution in [0.15, 0.2) is 40.9 Å². The van der Waals surface area contributed by atoms with Gasteiger partial charge in [-0.2, -0.15) is 0 Å². The van der Waals surface area contributed by atoms with Gasteiger partial charge in [0.25, 0.3) is 11.8 Å². The van der Waals surface area contributed by atoms with Gasteiger partial charge in [-0.05, 0) is 63.1 Å². The van der Waals surface area contributed by atoms with Gasteiger partial charge in [-0.15, -0.1) is 0 Å². The molecule has 0 spiro atoms. The fourth-order valence-corrected chi connectivity index (χ4v) is 3.48. The number of carbonyl (C=O) groups excluding carboxylic acids is 3. The van der Waals surface area contributed by atoms with Crippen molar-refractivity contribution in [3.63, 3.8) is 0 Å². The van der Waals surface area contributed by atoms with E-state index in [-0.39, 0.29) is 23.3 Å². The predicted molar refractivity (Wildman–Crippen MR) is 109 cm³/mol. The van der Waals surface area contributed by atoms with E-state index < -0.39 is 17.8 Å². The van der Waals surface area contributed by atoms with Crippen LogP contribution in [-0.2, 0) is 11.3 Å². The van der Waals surface area contributed by atoms with Crippen molar-refractivity contribution >= 4 is 23.5 Å². The first-order valence-electron chi connectivity index (χ1n) is 9.47. The lowest BCUT2D eigenvalue weighted by Gasteiger charge is -2.17. The Morgan fingerprint density at radius 1 is 1.00 bits per heavy atom. The van der Waals surface area contributed by atoms with Crippen molar-refractivity contribution in [3.05, 3.63) is 81.2 Å². The number of nitrogens with zero attached hydrogens (tertiary/aromatic N) is 2. The summed E-state index contributed by atoms with van der Waals surface area (Å²) in [7, 11) is 0. The molecule has 0 unspecified atom stereocenters. The number of hydrogen-bond acceptors (Lipinski definition) is 6. The van der Waals surface area contributed by atoms with Crippen LogP contribution in [0.3, 0.4) is 0 Å². The van der Waals surface area contributed by atoms with E-state index in [1.807, 2.05) is 26.0 Å². The summed E-state index contributed by atoms with van der Waals surface area (Å²) in [6, 6.07) is 9.99. The van der Waals surface area contributed by atoms with E-state index in [2.05, 4.69) is 5.16 Å². The largest absolute Gasteiger partial charge is 0.457 e. The summed E-state index contributed by atoms with van der Waals surface area (Å²) in [5, 5.41) is 3.83. The van der Waals surface area contributed by atoms with Crippen molar-refractivity contribution in [2.24, 2.45) is 0 Å². The number of carbonyl (C=O) groups is 3. The quantitative estimate of drug-likeness (QED) is 0.481. The van der Waals surface area contributed by atoms with Gasteiger partial charge in [-0.3, -0.25) is 9.59 Å². The van der Waals surface area contributed by atoms with Gasteiger partial charge in [0.05, 0.1) is 33.6 Å². The van der Waals surface area contributed by atoms with Crippen LogP contribution in [0.2, 0.25) is 0 Å². The van der Waals surface area contributed by atoms with Crippen molar-refractivity contribution in [1.29, 1.82) is 0 Å². The molecule has 4 rings (SSSR count). The lowest BCUT2D eigenvalue weighted by Crippen LogP contribution is -2.30. The highest BCUT2D eigenvalue weighted by atomic mass is 16.5. The highest BCUT2D eigenvalue weighted by molar-refractivity contribution is 6.35. The monoisotopic (exact) mass is 404 g/mol. The summed E-state index contributed by atoms with van der Waals surface area (Å²) in [4.78, 5) is 39.6. The summed E-state index contributed by atoms with van der Waals surface area (Å²) in [5.74, 6) is -0.870. The molecular formula is C23H20N2O5. The first-order chi connectivity index (χ1) is 14.3. The minimum absolute atomic E-state index is 0.0125. The molecule has 1 aromatic heterocycles. The second kappa shape index (κ2) is 7.26. The summed E-state index contributed by atoms with van der Waals surface area (Å²) in [6.07, 6.45) is 0. The van der Waals surface area contributed by atoms with Crippen LogP contribution in [0.25, 0.3) is 0 Å². The van der Waals surface area contributed by atoms with Crippen LogP contribution in [-0.4, -0.2) is 22.9 Å². The van der Waals surface area contributed by atoms with Gasteiger partial charge in [0.2, 0.25) is 0 Å². The number of anilines is 1. The van der Waals surface area contributed by atoms with Gasteiger partial charge in [-0.1, -0.05) is 17.3 Å². The van der Waals surface area contributed by atoms with Gasteiger partial charge in [-0.25, -0.2) is 9.69 Å². The van der Waals surface area contributed by atoms with E-state index in [4.69, 9.17) is 9.26 Å². The zero-order valence-corrected chi connectivity index (χ0v) is 17.1. The van der Waals surface area contributed by atoms with E-state index in [1.54, 1.807) is 19.9 Å². The highest BCUT2D eigenvalue weighted by Gasteiger charge is 2.38. The molecule has 3 aromatic rings. The Labute approximate surface area is 173 Å². The number of amides is 2. The molecule has 1 aliphatic heterocycles. The molecule has 0 saturated carbocycles. The standard InChI is InChI=1S/C23H20N2O5/c1-12-5-6-13(2)20(9-12)25-21(26)17-8-7-16(10-18(17)22(25)27)23(28)29-11-19-14(3)24-30-15(19)4/h5-10H,11H2,1-4H3. The maximum Gasteiger partial charge on any atom is 0.338 e. The first kappa shape index (κ1) is 19.6. The number of benzene rings is 2. The Morgan fingerprint density at radius 3 is 2.43 bits per heavy atom. The SMILES string of the molecule is Cc1ccc(C)c(N2C(=O)c3ccc(C(=O)OCc4c(C)noc4C)cc3C2=O)c1. The lowest BCUT2D eigenvalue weighted by molar-refractivity contribution is 0.0470. The molecule has 152 valence electrons. The smallest absolute Gasteiger partial charge is 0.338 e. The fourth-order valence-electron chi connectivity index (χ4n) is 3.48. The average Bonchev–Trinajstić information content (AvgIpc) is 3.17. The molecule has 2 aromatic carbocycles. The van der Waals surface area contributed by atoms with Gasteiger partial charge in [0.15, 0.2) is 0 Å². The van der Waals surface area contributed by atoms with Crippen LogP contribution in [0.1, 0.15) is 59.2 Å². The van der Waals surface area contributed by atoms with E-state index in [0.717, 1.165) is 16.0 Å². The lowest BCUT2D eigenvalue weighted by atomic mass is 10.1. The van der Waals surface area contributed by atoms with Crippen LogP contribution in [0.5, 0.6) is 0 Å². The molecule has 0 aliphatic carbocycles. The van der Waals surface area contributed by atoms with Crippen LogP contribution in [0, 0.1) is 27.7 Å². The van der Waals surface area contributed by atoms with E-state index in [0.29, 0.717) is 22.7 Å². The normalized spacial score (nSPS) is 13.0. The van der Waals surface area contributed by atoms with E-state index in [1.165, 1.54) is 18.2 Å². The summed E-state index contributed by atoms with van der Waals surface area (Å²) < 4.78 is 10.4. The third kappa shape index (κ3) is 3.18. The third-order valence-corrected chi connectivity index (χ3v) is 5.26. The molecule has 1 aliphatic rings. The molecule has 0 bridgehead atoms. The molecule has 2 amide bonds. The molecule has 2 heterocycles. The first-order valence-corrected chi connectivity index (χ1v) is 9.47. The van der Waals surface area contributed by atoms with Crippen molar-refractivity contribution in [3.8, 4) is 0 Å². The highest BCUT2D eigenvalue weighted by Crippen LogP contribution is 2.32. The Hall–Kier alpha value is -3.74. The zero-order chi connectivity index (χ0) is 21.6. The fraction of sp³-hybridized carbons (Fsp3) is 0.217. The Bertz CT molecular complexity index is 1190.